The van der Waals surface area contributed by atoms with Crippen molar-refractivity contribution in [1.82, 2.24) is 0 Å². The third kappa shape index (κ3) is 1.52. The summed E-state index contributed by atoms with van der Waals surface area (Å²) >= 11 is 0. The highest BCUT2D eigenvalue weighted by atomic mass is 16.6. The van der Waals surface area contributed by atoms with Gasteiger partial charge in [0.1, 0.15) is 5.75 Å². The minimum atomic E-state index is -0.342. The number of aromatic hydroxyl groups is 1. The number of nitrogens with zero attached hydrogens (tertiary/aromatic N) is 1. The van der Waals surface area contributed by atoms with Gasteiger partial charge >= 0.3 is 0 Å². The molecule has 114 valence electrons. The average molecular weight is 313 g/mol. The van der Waals surface area contributed by atoms with Gasteiger partial charge in [-0.05, 0) is 39.7 Å². The molecule has 0 unspecified atom stereocenters. The van der Waals surface area contributed by atoms with E-state index in [-0.39, 0.29) is 16.4 Å². The Bertz CT molecular complexity index is 1290. The molecule has 1 N–H and O–H groups in total. The van der Waals surface area contributed by atoms with Gasteiger partial charge in [-0.3, -0.25) is 10.1 Å². The molecule has 5 aromatic rings. The predicted octanol–water partition coefficient (Wildman–Crippen LogP) is 5.35. The van der Waals surface area contributed by atoms with E-state index >= 15 is 0 Å². The van der Waals surface area contributed by atoms with Crippen LogP contribution in [-0.4, -0.2) is 10.0 Å². The van der Waals surface area contributed by atoms with Crippen LogP contribution in [0.3, 0.4) is 0 Å². The first kappa shape index (κ1) is 13.1. The second-order valence-corrected chi connectivity index (χ2v) is 6.02. The fraction of sp³-hybridized carbons (Fsp3) is 0. The normalized spacial score (nSPS) is 11.8. The summed E-state index contributed by atoms with van der Waals surface area (Å²) in [7, 11) is 0. The van der Waals surface area contributed by atoms with Crippen LogP contribution in [-0.2, 0) is 0 Å². The molecule has 0 heterocycles. The van der Waals surface area contributed by atoms with Crippen LogP contribution in [0.5, 0.6) is 5.75 Å². The van der Waals surface area contributed by atoms with E-state index in [1.165, 1.54) is 0 Å². The zero-order valence-corrected chi connectivity index (χ0v) is 12.5. The van der Waals surface area contributed by atoms with Crippen molar-refractivity contribution in [3.8, 4) is 5.75 Å². The molecular formula is C20H11NO3. The number of hydrogen-bond donors (Lipinski definition) is 1. The van der Waals surface area contributed by atoms with Gasteiger partial charge in [0, 0.05) is 22.2 Å². The van der Waals surface area contributed by atoms with Crippen LogP contribution >= 0.6 is 0 Å². The van der Waals surface area contributed by atoms with E-state index in [0.717, 1.165) is 37.7 Å². The number of nitro benzene ring substituents is 1. The van der Waals surface area contributed by atoms with Crippen LogP contribution in [0, 0.1) is 10.1 Å². The minimum Gasteiger partial charge on any atom is -0.507 e. The highest BCUT2D eigenvalue weighted by molar-refractivity contribution is 6.32. The molecule has 0 spiro atoms. The molecule has 5 rings (SSSR count). The number of fused-ring (bicyclic) bond motifs is 2. The quantitative estimate of drug-likeness (QED) is 0.196. The van der Waals surface area contributed by atoms with E-state index in [0.29, 0.717) is 5.39 Å². The van der Waals surface area contributed by atoms with E-state index in [1.807, 2.05) is 36.4 Å². The summed E-state index contributed by atoms with van der Waals surface area (Å²) in [5.74, 6) is 0.200. The third-order valence-corrected chi connectivity index (χ3v) is 4.74. The first-order chi connectivity index (χ1) is 11.6. The summed E-state index contributed by atoms with van der Waals surface area (Å²) in [4.78, 5) is 11.2. The highest BCUT2D eigenvalue weighted by Crippen LogP contribution is 2.45. The van der Waals surface area contributed by atoms with E-state index < -0.39 is 0 Å². The van der Waals surface area contributed by atoms with Crippen molar-refractivity contribution in [3.63, 3.8) is 0 Å². The van der Waals surface area contributed by atoms with Crippen molar-refractivity contribution >= 4 is 48.8 Å². The lowest BCUT2D eigenvalue weighted by Gasteiger charge is -2.14. The van der Waals surface area contributed by atoms with Crippen molar-refractivity contribution in [2.45, 2.75) is 0 Å². The summed E-state index contributed by atoms with van der Waals surface area (Å²) < 4.78 is 0. The van der Waals surface area contributed by atoms with Gasteiger partial charge in [0.25, 0.3) is 5.69 Å². The smallest absolute Gasteiger partial charge is 0.277 e. The Morgan fingerprint density at radius 1 is 0.750 bits per heavy atom. The van der Waals surface area contributed by atoms with Crippen LogP contribution in [0.1, 0.15) is 0 Å². The number of hydrogen-bond acceptors (Lipinski definition) is 3. The number of phenolic OH excluding ortho intramolecular Hbond substituents is 1. The molecule has 0 saturated carbocycles. The second kappa shape index (κ2) is 4.32. The van der Waals surface area contributed by atoms with Gasteiger partial charge in [-0.2, -0.15) is 0 Å². The lowest BCUT2D eigenvalue weighted by atomic mass is 9.89. The topological polar surface area (TPSA) is 63.4 Å². The van der Waals surface area contributed by atoms with Crippen molar-refractivity contribution < 1.29 is 10.0 Å². The largest absolute Gasteiger partial charge is 0.507 e. The Morgan fingerprint density at radius 3 is 2.33 bits per heavy atom. The fourth-order valence-corrected chi connectivity index (χ4v) is 3.80. The molecule has 0 atom stereocenters. The second-order valence-electron chi connectivity index (χ2n) is 6.02. The van der Waals surface area contributed by atoms with E-state index in [2.05, 4.69) is 0 Å². The van der Waals surface area contributed by atoms with Crippen LogP contribution in [0.2, 0.25) is 0 Å². The zero-order chi connectivity index (χ0) is 16.4. The fourth-order valence-electron chi connectivity index (χ4n) is 3.80. The number of phenols is 1. The van der Waals surface area contributed by atoms with Gasteiger partial charge < -0.3 is 5.11 Å². The lowest BCUT2D eigenvalue weighted by molar-refractivity contribution is -0.382. The predicted molar refractivity (Wildman–Crippen MR) is 96.0 cm³/mol. The Balaban J connectivity index is 2.22. The highest BCUT2D eigenvalue weighted by Gasteiger charge is 2.20. The SMILES string of the molecule is O=[N+]([O-])c1cc2cc3ccccc3c3c(O)cc4cccc1c4c23. The lowest BCUT2D eigenvalue weighted by Crippen LogP contribution is -1.93. The number of nitro groups is 1. The van der Waals surface area contributed by atoms with Gasteiger partial charge in [0.2, 0.25) is 0 Å². The maximum atomic E-state index is 11.5. The van der Waals surface area contributed by atoms with Crippen LogP contribution in [0.25, 0.3) is 43.1 Å². The van der Waals surface area contributed by atoms with Gasteiger partial charge in [0.15, 0.2) is 0 Å². The van der Waals surface area contributed by atoms with E-state index in [9.17, 15) is 15.2 Å². The van der Waals surface area contributed by atoms with Crippen molar-refractivity contribution in [2.24, 2.45) is 0 Å². The van der Waals surface area contributed by atoms with Crippen molar-refractivity contribution in [2.75, 3.05) is 0 Å². The number of non-ortho nitro benzene ring substituents is 1. The molecule has 0 amide bonds. The number of benzene rings is 5. The zero-order valence-electron chi connectivity index (χ0n) is 12.5. The maximum Gasteiger partial charge on any atom is 0.277 e. The maximum absolute atomic E-state index is 11.5. The monoisotopic (exact) mass is 313 g/mol. The standard InChI is InChI=1S/C20H11NO3/c22-17-10-12-5-3-7-15-16(21(23)24)9-13-8-11-4-1-2-6-14(11)20(17)19(13)18(12)15/h1-10,22H. The van der Waals surface area contributed by atoms with Gasteiger partial charge in [-0.25, -0.2) is 0 Å². The van der Waals surface area contributed by atoms with Crippen molar-refractivity contribution in [1.29, 1.82) is 0 Å². The Hall–Kier alpha value is -3.40. The summed E-state index contributed by atoms with van der Waals surface area (Å²) in [5, 5.41) is 28.7. The Morgan fingerprint density at radius 2 is 1.50 bits per heavy atom. The molecule has 0 saturated heterocycles. The summed E-state index contributed by atoms with van der Waals surface area (Å²) in [6, 6.07) is 18.5. The molecule has 4 heteroatoms. The molecule has 0 bridgehead atoms. The molecule has 0 aliphatic rings. The van der Waals surface area contributed by atoms with Gasteiger partial charge in [-0.15, -0.1) is 0 Å². The van der Waals surface area contributed by atoms with Crippen molar-refractivity contribution in [3.05, 3.63) is 70.8 Å². The summed E-state index contributed by atoms with van der Waals surface area (Å²) in [6.45, 7) is 0. The third-order valence-electron chi connectivity index (χ3n) is 4.74. The van der Waals surface area contributed by atoms with Crippen LogP contribution in [0.15, 0.2) is 60.7 Å². The Labute approximate surface area is 136 Å². The van der Waals surface area contributed by atoms with Gasteiger partial charge in [0.05, 0.1) is 10.3 Å². The van der Waals surface area contributed by atoms with E-state index in [1.54, 1.807) is 24.3 Å². The molecule has 4 nitrogen and oxygen atoms in total. The van der Waals surface area contributed by atoms with E-state index in [4.69, 9.17) is 0 Å². The van der Waals surface area contributed by atoms with Crippen LogP contribution in [0.4, 0.5) is 5.69 Å². The summed E-state index contributed by atoms with van der Waals surface area (Å²) in [6.07, 6.45) is 0. The minimum absolute atomic E-state index is 0.0929. The summed E-state index contributed by atoms with van der Waals surface area (Å²) in [5.41, 5.74) is 0.0929. The first-order valence-corrected chi connectivity index (χ1v) is 7.62. The molecule has 0 aliphatic heterocycles. The molecule has 0 aliphatic carbocycles. The number of rotatable bonds is 1. The molecule has 5 aromatic carbocycles. The molecule has 0 fully saturated rings. The van der Waals surface area contributed by atoms with Crippen LogP contribution < -0.4 is 0 Å². The molecule has 0 radical (unpaired) electrons. The molecule has 0 aromatic heterocycles. The first-order valence-electron chi connectivity index (χ1n) is 7.62. The molecular weight excluding hydrogens is 302 g/mol. The van der Waals surface area contributed by atoms with Gasteiger partial charge in [-0.1, -0.05) is 36.4 Å². The Kier molecular flexibility index (Phi) is 2.36. The molecule has 24 heavy (non-hydrogen) atoms. The average Bonchev–Trinajstić information content (AvgIpc) is 2.58.